The lowest BCUT2D eigenvalue weighted by Crippen LogP contribution is -2.06. The maximum absolute atomic E-state index is 12.0. The third-order valence-electron chi connectivity index (χ3n) is 2.91. The highest BCUT2D eigenvalue weighted by molar-refractivity contribution is 9.11. The number of carbonyl (C=O) groups excluding carboxylic acids is 1. The van der Waals surface area contributed by atoms with Crippen LogP contribution in [0, 0.1) is 6.92 Å². The Kier molecular flexibility index (Phi) is 3.65. The lowest BCUT2D eigenvalue weighted by molar-refractivity contribution is 0.0740. The number of benzene rings is 1. The molecule has 0 unspecified atom stereocenters. The fraction of sp³-hybridized carbons (Fsp3) is 0.0667. The van der Waals surface area contributed by atoms with Crippen molar-refractivity contribution < 1.29 is 13.9 Å². The van der Waals surface area contributed by atoms with Gasteiger partial charge >= 0.3 is 11.6 Å². The molecule has 0 radical (unpaired) electrons. The van der Waals surface area contributed by atoms with Gasteiger partial charge in [0.05, 0.1) is 3.79 Å². The molecule has 2 heterocycles. The summed E-state index contributed by atoms with van der Waals surface area (Å²) in [5, 5.41) is 0.813. The third-order valence-corrected chi connectivity index (χ3v) is 4.51. The molecular formula is C15H9BrO4S. The van der Waals surface area contributed by atoms with E-state index in [2.05, 4.69) is 15.9 Å². The van der Waals surface area contributed by atoms with Gasteiger partial charge in [0.1, 0.15) is 16.2 Å². The first-order chi connectivity index (χ1) is 10.0. The summed E-state index contributed by atoms with van der Waals surface area (Å²) in [5.74, 6) is -0.106. The number of halogens is 1. The van der Waals surface area contributed by atoms with E-state index in [0.29, 0.717) is 16.2 Å². The first-order valence-corrected chi connectivity index (χ1v) is 7.66. The van der Waals surface area contributed by atoms with Crippen LogP contribution in [0.4, 0.5) is 0 Å². The number of fused-ring (bicyclic) bond motifs is 1. The van der Waals surface area contributed by atoms with Crippen molar-refractivity contribution in [3.63, 3.8) is 0 Å². The second-order valence-corrected chi connectivity index (χ2v) is 6.86. The number of carbonyl (C=O) groups is 1. The molecule has 0 spiro atoms. The van der Waals surface area contributed by atoms with Gasteiger partial charge in [-0.15, -0.1) is 11.3 Å². The Morgan fingerprint density at radius 1 is 1.24 bits per heavy atom. The molecule has 0 saturated heterocycles. The number of rotatable bonds is 2. The molecule has 1 aromatic carbocycles. The van der Waals surface area contributed by atoms with E-state index in [9.17, 15) is 9.59 Å². The summed E-state index contributed by atoms with van der Waals surface area (Å²) in [6.07, 6.45) is 0. The van der Waals surface area contributed by atoms with E-state index in [1.54, 1.807) is 30.3 Å². The quantitative estimate of drug-likeness (QED) is 0.389. The Morgan fingerprint density at radius 3 is 2.76 bits per heavy atom. The number of esters is 1. The van der Waals surface area contributed by atoms with Crippen molar-refractivity contribution in [1.82, 2.24) is 0 Å². The van der Waals surface area contributed by atoms with E-state index in [1.807, 2.05) is 6.92 Å². The van der Waals surface area contributed by atoms with Crippen LogP contribution in [0.3, 0.4) is 0 Å². The lowest BCUT2D eigenvalue weighted by Gasteiger charge is -2.05. The summed E-state index contributed by atoms with van der Waals surface area (Å²) >= 11 is 4.59. The van der Waals surface area contributed by atoms with Crippen molar-refractivity contribution in [2.45, 2.75) is 6.92 Å². The van der Waals surface area contributed by atoms with E-state index in [-0.39, 0.29) is 0 Å². The summed E-state index contributed by atoms with van der Waals surface area (Å²) in [6, 6.07) is 9.88. The van der Waals surface area contributed by atoms with E-state index in [4.69, 9.17) is 9.15 Å². The topological polar surface area (TPSA) is 56.5 Å². The Balaban J connectivity index is 1.94. The molecule has 0 fully saturated rings. The zero-order chi connectivity index (χ0) is 15.0. The highest BCUT2D eigenvalue weighted by atomic mass is 79.9. The molecule has 106 valence electrons. The smallest absolute Gasteiger partial charge is 0.353 e. The molecule has 0 bridgehead atoms. The Morgan fingerprint density at radius 2 is 2.05 bits per heavy atom. The minimum atomic E-state index is -0.444. The number of hydrogen-bond acceptors (Lipinski definition) is 5. The van der Waals surface area contributed by atoms with Crippen molar-refractivity contribution in [1.29, 1.82) is 0 Å². The van der Waals surface area contributed by atoms with E-state index < -0.39 is 11.6 Å². The van der Waals surface area contributed by atoms with Crippen LogP contribution in [0.2, 0.25) is 0 Å². The SMILES string of the molecule is Cc1cc(=O)oc2cc(OC(=O)c3ccc(Br)s3)ccc12. The minimum Gasteiger partial charge on any atom is -0.423 e. The van der Waals surface area contributed by atoms with Crippen LogP contribution in [0.15, 0.2) is 49.4 Å². The van der Waals surface area contributed by atoms with E-state index in [0.717, 1.165) is 14.7 Å². The maximum atomic E-state index is 12.0. The molecule has 0 atom stereocenters. The predicted molar refractivity (Wildman–Crippen MR) is 84.2 cm³/mol. The average Bonchev–Trinajstić information content (AvgIpc) is 2.85. The first-order valence-electron chi connectivity index (χ1n) is 6.05. The monoisotopic (exact) mass is 364 g/mol. The van der Waals surface area contributed by atoms with Gasteiger partial charge in [-0.05, 0) is 52.7 Å². The molecule has 0 aliphatic rings. The van der Waals surface area contributed by atoms with Gasteiger partial charge in [-0.25, -0.2) is 9.59 Å². The molecule has 3 aromatic rings. The number of thiophene rings is 1. The van der Waals surface area contributed by atoms with Crippen molar-refractivity contribution in [3.05, 3.63) is 61.0 Å². The standard InChI is InChI=1S/C15H9BrO4S/c1-8-6-14(17)20-11-7-9(2-3-10(8)11)19-15(18)12-4-5-13(16)21-12/h2-7H,1H3. The number of hydrogen-bond donors (Lipinski definition) is 0. The summed E-state index contributed by atoms with van der Waals surface area (Å²) in [6.45, 7) is 1.83. The second-order valence-electron chi connectivity index (χ2n) is 4.40. The molecule has 0 amide bonds. The van der Waals surface area contributed by atoms with Crippen LogP contribution >= 0.6 is 27.3 Å². The Labute approximate surface area is 132 Å². The van der Waals surface area contributed by atoms with Crippen molar-refractivity contribution >= 4 is 44.2 Å². The van der Waals surface area contributed by atoms with Gasteiger partial charge < -0.3 is 9.15 Å². The van der Waals surface area contributed by atoms with Crippen molar-refractivity contribution in [2.75, 3.05) is 0 Å². The average molecular weight is 365 g/mol. The van der Waals surface area contributed by atoms with Gasteiger partial charge in [-0.1, -0.05) is 0 Å². The minimum absolute atomic E-state index is 0.339. The normalized spacial score (nSPS) is 10.8. The Hall–Kier alpha value is -1.92. The van der Waals surface area contributed by atoms with Crippen LogP contribution < -0.4 is 10.4 Å². The van der Waals surface area contributed by atoms with Crippen LogP contribution in [0.25, 0.3) is 11.0 Å². The largest absolute Gasteiger partial charge is 0.423 e. The van der Waals surface area contributed by atoms with Crippen LogP contribution in [-0.4, -0.2) is 5.97 Å². The fourth-order valence-corrected chi connectivity index (χ4v) is 3.21. The van der Waals surface area contributed by atoms with Crippen LogP contribution in [-0.2, 0) is 0 Å². The van der Waals surface area contributed by atoms with Gasteiger partial charge in [0, 0.05) is 17.5 Å². The van der Waals surface area contributed by atoms with Gasteiger partial charge in [0.2, 0.25) is 0 Å². The molecular weight excluding hydrogens is 356 g/mol. The molecule has 0 saturated carbocycles. The highest BCUT2D eigenvalue weighted by Gasteiger charge is 2.12. The summed E-state index contributed by atoms with van der Waals surface area (Å²) in [4.78, 5) is 23.8. The van der Waals surface area contributed by atoms with Gasteiger partial charge in [-0.2, -0.15) is 0 Å². The first kappa shape index (κ1) is 14.0. The van der Waals surface area contributed by atoms with E-state index in [1.165, 1.54) is 17.4 Å². The molecule has 0 N–H and O–H groups in total. The third kappa shape index (κ3) is 2.91. The molecule has 4 nitrogen and oxygen atoms in total. The molecule has 0 aliphatic heterocycles. The summed E-state index contributed by atoms with van der Waals surface area (Å²) < 4.78 is 11.3. The Bertz CT molecular complexity index is 894. The van der Waals surface area contributed by atoms with Crippen LogP contribution in [0.1, 0.15) is 15.2 Å². The fourth-order valence-electron chi connectivity index (χ4n) is 1.95. The zero-order valence-corrected chi connectivity index (χ0v) is 13.3. The summed E-state index contributed by atoms with van der Waals surface area (Å²) in [5.41, 5.74) is 0.796. The maximum Gasteiger partial charge on any atom is 0.353 e. The number of aryl methyl sites for hydroxylation is 1. The molecule has 2 aromatic heterocycles. The van der Waals surface area contributed by atoms with Gasteiger partial charge in [0.15, 0.2) is 0 Å². The summed E-state index contributed by atoms with van der Waals surface area (Å²) in [7, 11) is 0. The molecule has 21 heavy (non-hydrogen) atoms. The molecule has 3 rings (SSSR count). The molecule has 0 aliphatic carbocycles. The highest BCUT2D eigenvalue weighted by Crippen LogP contribution is 2.26. The van der Waals surface area contributed by atoms with Crippen LogP contribution in [0.5, 0.6) is 5.75 Å². The van der Waals surface area contributed by atoms with Crippen molar-refractivity contribution in [2.24, 2.45) is 0 Å². The number of ether oxygens (including phenoxy) is 1. The zero-order valence-electron chi connectivity index (χ0n) is 10.9. The molecule has 6 heteroatoms. The lowest BCUT2D eigenvalue weighted by atomic mass is 10.1. The van der Waals surface area contributed by atoms with E-state index >= 15 is 0 Å². The van der Waals surface area contributed by atoms with Crippen molar-refractivity contribution in [3.8, 4) is 5.75 Å². The van der Waals surface area contributed by atoms with Gasteiger partial charge in [-0.3, -0.25) is 0 Å². The predicted octanol–water partition coefficient (Wildman–Crippen LogP) is 4.14. The van der Waals surface area contributed by atoms with Gasteiger partial charge in [0.25, 0.3) is 0 Å². The second kappa shape index (κ2) is 5.46.